The van der Waals surface area contributed by atoms with Gasteiger partial charge in [0, 0.05) is 51.4 Å². The number of piperidine rings is 1. The molecule has 2 aromatic rings. The van der Waals surface area contributed by atoms with E-state index in [1.807, 2.05) is 18.2 Å². The van der Waals surface area contributed by atoms with E-state index in [4.69, 9.17) is 0 Å². The predicted molar refractivity (Wildman–Crippen MR) is 136 cm³/mol. The Morgan fingerprint density at radius 2 is 1.39 bits per heavy atom. The average Bonchev–Trinajstić information content (AvgIpc) is 2.77. The third kappa shape index (κ3) is 7.23. The number of carbonyl (C=O) groups is 1. The Balaban J connectivity index is 0.000000413. The van der Waals surface area contributed by atoms with Crippen LogP contribution in [0.3, 0.4) is 0 Å². The number of hydrogen-bond donors (Lipinski definition) is 0. The van der Waals surface area contributed by atoms with Gasteiger partial charge in [-0.1, -0.05) is 60.5 Å². The SMILES string of the molecule is CC[N+]1(C2CCCN(c3c(C)cccc3C)C2=O)CCCCCCC1.Cc1ccccc1.[Y]. The second-order valence-electron chi connectivity index (χ2n) is 9.79. The summed E-state index contributed by atoms with van der Waals surface area (Å²) in [6.45, 7) is 13.0. The summed E-state index contributed by atoms with van der Waals surface area (Å²) in [7, 11) is 0. The van der Waals surface area contributed by atoms with E-state index >= 15 is 0 Å². The number of likely N-dealkylation sites (N-methyl/N-ethyl adjacent to an activating group) is 1. The molecule has 0 spiro atoms. The number of nitrogens with zero attached hydrogens (tertiary/aromatic N) is 2. The molecule has 2 aromatic carbocycles. The van der Waals surface area contributed by atoms with Crippen molar-refractivity contribution in [1.82, 2.24) is 0 Å². The monoisotopic (exact) mass is 524 g/mol. The summed E-state index contributed by atoms with van der Waals surface area (Å²) >= 11 is 0. The molecule has 0 N–H and O–H groups in total. The zero-order chi connectivity index (χ0) is 23.0. The largest absolute Gasteiger partial charge is 0.314 e. The van der Waals surface area contributed by atoms with Gasteiger partial charge in [0.25, 0.3) is 5.91 Å². The molecule has 0 saturated carbocycles. The van der Waals surface area contributed by atoms with Crippen LogP contribution in [0.25, 0.3) is 0 Å². The zero-order valence-electron chi connectivity index (χ0n) is 21.4. The standard InChI is InChI=1S/C22H35N2O.C7H8.Y/c1-4-24(16-8-6-5-7-9-17-24)20-14-11-15-23(22(20)25)21-18(2)12-10-13-19(21)3;1-7-5-3-2-4-6-7;/h10,12-13,20H,4-9,11,14-17H2,1-3H3;2-6H,1H3;/q+1;;. The van der Waals surface area contributed by atoms with Gasteiger partial charge >= 0.3 is 0 Å². The van der Waals surface area contributed by atoms with Crippen molar-refractivity contribution < 1.29 is 42.0 Å². The average molecular weight is 525 g/mol. The van der Waals surface area contributed by atoms with Crippen LogP contribution >= 0.6 is 0 Å². The minimum atomic E-state index is 0. The van der Waals surface area contributed by atoms with Crippen molar-refractivity contribution in [1.29, 1.82) is 0 Å². The Morgan fingerprint density at radius 3 is 1.91 bits per heavy atom. The molecule has 2 saturated heterocycles. The summed E-state index contributed by atoms with van der Waals surface area (Å²) in [5.41, 5.74) is 4.94. The third-order valence-corrected chi connectivity index (χ3v) is 7.56. The number of amides is 1. The molecule has 0 bridgehead atoms. The Morgan fingerprint density at radius 1 is 0.818 bits per heavy atom. The summed E-state index contributed by atoms with van der Waals surface area (Å²) in [4.78, 5) is 15.7. The van der Waals surface area contributed by atoms with Crippen molar-refractivity contribution in [3.05, 3.63) is 65.2 Å². The Labute approximate surface area is 227 Å². The molecule has 1 unspecified atom stereocenters. The van der Waals surface area contributed by atoms with Gasteiger partial charge in [0.15, 0.2) is 6.04 Å². The van der Waals surface area contributed by atoms with Crippen LogP contribution in [0, 0.1) is 20.8 Å². The van der Waals surface area contributed by atoms with E-state index in [9.17, 15) is 4.79 Å². The number of aryl methyl sites for hydroxylation is 3. The molecule has 1 atom stereocenters. The number of benzene rings is 2. The van der Waals surface area contributed by atoms with Crippen molar-refractivity contribution in [2.24, 2.45) is 0 Å². The van der Waals surface area contributed by atoms with Crippen LogP contribution in [0.5, 0.6) is 0 Å². The number of para-hydroxylation sites is 1. The minimum absolute atomic E-state index is 0. The van der Waals surface area contributed by atoms with Crippen LogP contribution in [0.4, 0.5) is 5.69 Å². The molecule has 33 heavy (non-hydrogen) atoms. The summed E-state index contributed by atoms with van der Waals surface area (Å²) in [5, 5.41) is 0. The van der Waals surface area contributed by atoms with Gasteiger partial charge in [0.1, 0.15) is 0 Å². The minimum Gasteiger partial charge on any atom is -0.314 e. The smallest absolute Gasteiger partial charge is 0.285 e. The van der Waals surface area contributed by atoms with E-state index < -0.39 is 0 Å². The number of quaternary nitrogens is 1. The van der Waals surface area contributed by atoms with E-state index in [0.29, 0.717) is 5.91 Å². The van der Waals surface area contributed by atoms with E-state index in [0.717, 1.165) is 30.4 Å². The zero-order valence-corrected chi connectivity index (χ0v) is 24.2. The molecule has 0 aromatic heterocycles. The van der Waals surface area contributed by atoms with Gasteiger partial charge in [-0.2, -0.15) is 0 Å². The van der Waals surface area contributed by atoms with Crippen LogP contribution in [0.15, 0.2) is 48.5 Å². The van der Waals surface area contributed by atoms with Crippen LogP contribution in [0.2, 0.25) is 0 Å². The molecule has 2 heterocycles. The summed E-state index contributed by atoms with van der Waals surface area (Å²) in [6.07, 6.45) is 8.79. The molecule has 3 nitrogen and oxygen atoms in total. The van der Waals surface area contributed by atoms with Crippen LogP contribution in [-0.4, -0.2) is 42.6 Å². The first-order valence-electron chi connectivity index (χ1n) is 12.7. The molecule has 4 rings (SSSR count). The summed E-state index contributed by atoms with van der Waals surface area (Å²) < 4.78 is 1.03. The Bertz CT molecular complexity index is 839. The molecule has 2 aliphatic heterocycles. The van der Waals surface area contributed by atoms with Gasteiger partial charge in [0.05, 0.1) is 19.6 Å². The van der Waals surface area contributed by atoms with E-state index in [1.165, 1.54) is 67.6 Å². The number of carbonyl (C=O) groups excluding carboxylic acids is 1. The predicted octanol–water partition coefficient (Wildman–Crippen LogP) is 6.59. The molecular formula is C29H43N2OY+. The fourth-order valence-electron chi connectivity index (χ4n) is 5.70. The van der Waals surface area contributed by atoms with Crippen molar-refractivity contribution in [2.45, 2.75) is 78.7 Å². The van der Waals surface area contributed by atoms with Crippen molar-refractivity contribution >= 4 is 11.6 Å². The molecular weight excluding hydrogens is 481 g/mol. The fourth-order valence-corrected chi connectivity index (χ4v) is 5.70. The number of anilines is 1. The summed E-state index contributed by atoms with van der Waals surface area (Å²) in [6, 6.07) is 16.8. The maximum Gasteiger partial charge on any atom is 0.285 e. The number of likely N-dealkylation sites (tertiary alicyclic amines) is 1. The molecule has 1 amide bonds. The molecule has 177 valence electrons. The summed E-state index contributed by atoms with van der Waals surface area (Å²) in [5.74, 6) is 0.381. The van der Waals surface area contributed by atoms with Gasteiger partial charge in [-0.05, 0) is 70.9 Å². The number of rotatable bonds is 3. The van der Waals surface area contributed by atoms with E-state index in [2.05, 4.69) is 62.9 Å². The van der Waals surface area contributed by atoms with E-state index in [1.54, 1.807) is 0 Å². The van der Waals surface area contributed by atoms with E-state index in [-0.39, 0.29) is 38.8 Å². The molecule has 0 aliphatic carbocycles. The molecule has 1 radical (unpaired) electrons. The van der Waals surface area contributed by atoms with Crippen molar-refractivity contribution in [2.75, 3.05) is 31.1 Å². The second kappa shape index (κ2) is 13.8. The first-order chi connectivity index (χ1) is 15.5. The topological polar surface area (TPSA) is 20.3 Å². The Kier molecular flexibility index (Phi) is 11.8. The van der Waals surface area contributed by atoms with Gasteiger partial charge in [-0.15, -0.1) is 0 Å². The van der Waals surface area contributed by atoms with Crippen LogP contribution in [0.1, 0.15) is 68.6 Å². The van der Waals surface area contributed by atoms with Crippen LogP contribution < -0.4 is 4.90 Å². The second-order valence-corrected chi connectivity index (χ2v) is 9.79. The van der Waals surface area contributed by atoms with Gasteiger partial charge in [0.2, 0.25) is 0 Å². The van der Waals surface area contributed by atoms with Crippen molar-refractivity contribution in [3.8, 4) is 0 Å². The maximum atomic E-state index is 13.6. The molecule has 2 aliphatic rings. The molecule has 4 heteroatoms. The fraction of sp³-hybridized carbons (Fsp3) is 0.552. The van der Waals surface area contributed by atoms with Crippen LogP contribution in [-0.2, 0) is 37.5 Å². The maximum absolute atomic E-state index is 13.6. The van der Waals surface area contributed by atoms with Gasteiger partial charge in [-0.25, -0.2) is 0 Å². The van der Waals surface area contributed by atoms with Gasteiger partial charge in [-0.3, -0.25) is 4.79 Å². The first kappa shape index (κ1) is 28.2. The molecule has 2 fully saturated rings. The first-order valence-corrected chi connectivity index (χ1v) is 12.7. The van der Waals surface area contributed by atoms with Crippen molar-refractivity contribution in [3.63, 3.8) is 0 Å². The quantitative estimate of drug-likeness (QED) is 0.415. The van der Waals surface area contributed by atoms with Gasteiger partial charge < -0.3 is 9.38 Å². The third-order valence-electron chi connectivity index (χ3n) is 7.56. The Hall–Kier alpha value is -1.03. The normalized spacial score (nSPS) is 20.5. The number of hydrogen-bond acceptors (Lipinski definition) is 1.